The van der Waals surface area contributed by atoms with Gasteiger partial charge in [-0.05, 0) is 25.5 Å². The third kappa shape index (κ3) is 5.01. The Bertz CT molecular complexity index is 613. The molecule has 0 heterocycles. The van der Waals surface area contributed by atoms with Crippen LogP contribution in [-0.4, -0.2) is 25.5 Å². The molecule has 118 valence electrons. The summed E-state index contributed by atoms with van der Waals surface area (Å²) < 4.78 is 64.4. The van der Waals surface area contributed by atoms with Crippen LogP contribution >= 0.6 is 0 Å². The van der Waals surface area contributed by atoms with E-state index in [1.54, 1.807) is 0 Å². The van der Waals surface area contributed by atoms with Crippen LogP contribution in [0.4, 0.5) is 13.2 Å². The van der Waals surface area contributed by atoms with Gasteiger partial charge in [-0.2, -0.15) is 13.2 Å². The topological polar surface area (TPSA) is 83.5 Å². The van der Waals surface area contributed by atoms with Gasteiger partial charge in [0.1, 0.15) is 0 Å². The second kappa shape index (κ2) is 6.44. The van der Waals surface area contributed by atoms with Gasteiger partial charge in [-0.3, -0.25) is 4.79 Å². The highest BCUT2D eigenvalue weighted by atomic mass is 32.2. The summed E-state index contributed by atoms with van der Waals surface area (Å²) in [5.41, 5.74) is -1.26. The number of alkyl halides is 3. The second-order valence-electron chi connectivity index (χ2n) is 4.45. The second-order valence-corrected chi connectivity index (χ2v) is 6.13. The third-order valence-corrected chi connectivity index (χ3v) is 4.28. The molecule has 2 N–H and O–H groups in total. The summed E-state index contributed by atoms with van der Waals surface area (Å²) in [5.74, 6) is -1.11. The lowest BCUT2D eigenvalue weighted by molar-refractivity contribution is -0.140. The fourth-order valence-electron chi connectivity index (χ4n) is 1.66. The van der Waals surface area contributed by atoms with Gasteiger partial charge in [0.25, 0.3) is 0 Å². The van der Waals surface area contributed by atoms with E-state index in [4.69, 9.17) is 5.11 Å². The molecule has 1 unspecified atom stereocenters. The molecule has 0 bridgehead atoms. The van der Waals surface area contributed by atoms with Crippen molar-refractivity contribution in [3.05, 3.63) is 29.8 Å². The van der Waals surface area contributed by atoms with Gasteiger partial charge in [0, 0.05) is 12.5 Å². The number of aliphatic carboxylic acids is 1. The van der Waals surface area contributed by atoms with Crippen LogP contribution in [0, 0.1) is 0 Å². The van der Waals surface area contributed by atoms with Gasteiger partial charge in [0.15, 0.2) is 0 Å². The van der Waals surface area contributed by atoms with E-state index in [9.17, 15) is 26.4 Å². The minimum atomic E-state index is -4.80. The monoisotopic (exact) mass is 325 g/mol. The van der Waals surface area contributed by atoms with Crippen LogP contribution in [0.15, 0.2) is 29.2 Å². The maximum Gasteiger partial charge on any atom is 0.417 e. The van der Waals surface area contributed by atoms with E-state index >= 15 is 0 Å². The summed E-state index contributed by atoms with van der Waals surface area (Å²) in [6.07, 6.45) is -5.11. The fourth-order valence-corrected chi connectivity index (χ4v) is 3.17. The van der Waals surface area contributed by atoms with E-state index < -0.39 is 38.7 Å². The van der Waals surface area contributed by atoms with E-state index in [1.165, 1.54) is 13.0 Å². The van der Waals surface area contributed by atoms with E-state index in [0.29, 0.717) is 6.07 Å². The number of hydrogen-bond acceptors (Lipinski definition) is 3. The van der Waals surface area contributed by atoms with Crippen LogP contribution in [0.3, 0.4) is 0 Å². The van der Waals surface area contributed by atoms with Crippen molar-refractivity contribution in [3.63, 3.8) is 0 Å². The van der Waals surface area contributed by atoms with Crippen molar-refractivity contribution in [1.29, 1.82) is 0 Å². The van der Waals surface area contributed by atoms with Gasteiger partial charge in [-0.1, -0.05) is 12.1 Å². The van der Waals surface area contributed by atoms with E-state index in [1.807, 2.05) is 4.72 Å². The van der Waals surface area contributed by atoms with Crippen LogP contribution in [0.5, 0.6) is 0 Å². The lowest BCUT2D eigenvalue weighted by Crippen LogP contribution is -2.34. The number of rotatable bonds is 6. The SMILES string of the molecule is CC(CCC(=O)O)NS(=O)(=O)c1ccccc1C(F)(F)F. The van der Waals surface area contributed by atoms with Gasteiger partial charge >= 0.3 is 12.1 Å². The molecule has 0 aromatic heterocycles. The number of carboxylic acid groups (broad SMARTS) is 1. The van der Waals surface area contributed by atoms with Crippen LogP contribution < -0.4 is 4.72 Å². The molecule has 1 rings (SSSR count). The molecule has 1 aromatic rings. The Balaban J connectivity index is 3.01. The van der Waals surface area contributed by atoms with Gasteiger partial charge in [-0.15, -0.1) is 0 Å². The average Bonchev–Trinajstić information content (AvgIpc) is 2.35. The highest BCUT2D eigenvalue weighted by molar-refractivity contribution is 7.89. The van der Waals surface area contributed by atoms with Crippen molar-refractivity contribution in [2.75, 3.05) is 0 Å². The molecule has 0 aliphatic rings. The van der Waals surface area contributed by atoms with Crippen LogP contribution in [0.1, 0.15) is 25.3 Å². The lowest BCUT2D eigenvalue weighted by Gasteiger charge is -2.16. The standard InChI is InChI=1S/C12H14F3NO4S/c1-8(6-7-11(17)18)16-21(19,20)10-5-3-2-4-9(10)12(13,14)15/h2-5,8,16H,6-7H2,1H3,(H,17,18). The molecule has 9 heteroatoms. The molecule has 1 aromatic carbocycles. The van der Waals surface area contributed by atoms with Crippen molar-refractivity contribution < 1.29 is 31.5 Å². The number of carboxylic acids is 1. The summed E-state index contributed by atoms with van der Waals surface area (Å²) in [6, 6.07) is 3.01. The van der Waals surface area contributed by atoms with E-state index in [2.05, 4.69) is 0 Å². The smallest absolute Gasteiger partial charge is 0.417 e. The molecule has 0 amide bonds. The molecular weight excluding hydrogens is 311 g/mol. The Kier molecular flexibility index (Phi) is 5.35. The highest BCUT2D eigenvalue weighted by Gasteiger charge is 2.37. The molecule has 5 nitrogen and oxygen atoms in total. The van der Waals surface area contributed by atoms with Gasteiger partial charge < -0.3 is 5.11 Å². The number of nitrogens with one attached hydrogen (secondary N) is 1. The van der Waals surface area contributed by atoms with Crippen molar-refractivity contribution in [3.8, 4) is 0 Å². The Labute approximate surface area is 119 Å². The van der Waals surface area contributed by atoms with Crippen molar-refractivity contribution in [1.82, 2.24) is 4.72 Å². The van der Waals surface area contributed by atoms with Gasteiger partial charge in [-0.25, -0.2) is 13.1 Å². The first-order chi connectivity index (χ1) is 9.54. The predicted molar refractivity (Wildman–Crippen MR) is 68.1 cm³/mol. The van der Waals surface area contributed by atoms with Crippen molar-refractivity contribution in [2.24, 2.45) is 0 Å². The Morgan fingerprint density at radius 2 is 1.90 bits per heavy atom. The van der Waals surface area contributed by atoms with Crippen LogP contribution in [-0.2, 0) is 21.0 Å². The Morgan fingerprint density at radius 3 is 2.43 bits per heavy atom. The summed E-state index contributed by atoms with van der Waals surface area (Å²) in [6.45, 7) is 1.39. The average molecular weight is 325 g/mol. The third-order valence-electron chi connectivity index (χ3n) is 2.63. The maximum atomic E-state index is 12.8. The minimum Gasteiger partial charge on any atom is -0.481 e. The van der Waals surface area contributed by atoms with Crippen molar-refractivity contribution >= 4 is 16.0 Å². The zero-order valence-corrected chi connectivity index (χ0v) is 11.8. The first kappa shape index (κ1) is 17.4. The maximum absolute atomic E-state index is 12.8. The van der Waals surface area contributed by atoms with Gasteiger partial charge in [0.05, 0.1) is 10.5 Å². The molecular formula is C12H14F3NO4S. The predicted octanol–water partition coefficient (Wildman–Crippen LogP) is 2.24. The summed E-state index contributed by atoms with van der Waals surface area (Å²) in [4.78, 5) is 9.52. The number of carbonyl (C=O) groups is 1. The first-order valence-corrected chi connectivity index (χ1v) is 7.42. The van der Waals surface area contributed by atoms with Crippen LogP contribution in [0.2, 0.25) is 0 Å². The fraction of sp³-hybridized carbons (Fsp3) is 0.417. The quantitative estimate of drug-likeness (QED) is 0.840. The number of halogens is 3. The van der Waals surface area contributed by atoms with Gasteiger partial charge in [0.2, 0.25) is 10.0 Å². The highest BCUT2D eigenvalue weighted by Crippen LogP contribution is 2.33. The Morgan fingerprint density at radius 1 is 1.33 bits per heavy atom. The lowest BCUT2D eigenvalue weighted by atomic mass is 10.2. The van der Waals surface area contributed by atoms with E-state index in [-0.39, 0.29) is 12.8 Å². The molecule has 0 fully saturated rings. The molecule has 1 atom stereocenters. The molecule has 0 radical (unpaired) electrons. The largest absolute Gasteiger partial charge is 0.481 e. The minimum absolute atomic E-state index is 0.0251. The molecule has 0 aliphatic carbocycles. The molecule has 0 saturated carbocycles. The number of benzene rings is 1. The number of sulfonamides is 1. The zero-order chi connectivity index (χ0) is 16.3. The van der Waals surface area contributed by atoms with Crippen molar-refractivity contribution in [2.45, 2.75) is 36.9 Å². The molecule has 0 saturated heterocycles. The summed E-state index contributed by atoms with van der Waals surface area (Å²) in [7, 11) is -4.38. The first-order valence-electron chi connectivity index (χ1n) is 5.94. The molecule has 0 aliphatic heterocycles. The molecule has 21 heavy (non-hydrogen) atoms. The van der Waals surface area contributed by atoms with E-state index in [0.717, 1.165) is 12.1 Å². The Hall–Kier alpha value is -1.61. The number of hydrogen-bond donors (Lipinski definition) is 2. The summed E-state index contributed by atoms with van der Waals surface area (Å²) in [5, 5.41) is 8.50. The normalized spacial score (nSPS) is 13.9. The van der Waals surface area contributed by atoms with Crippen LogP contribution in [0.25, 0.3) is 0 Å². The molecule has 0 spiro atoms. The summed E-state index contributed by atoms with van der Waals surface area (Å²) >= 11 is 0. The zero-order valence-electron chi connectivity index (χ0n) is 11.0.